The minimum atomic E-state index is -4.64. The molecule has 21 heavy (non-hydrogen) atoms. The summed E-state index contributed by atoms with van der Waals surface area (Å²) >= 11 is 11.6. The number of rotatable bonds is 3. The van der Waals surface area contributed by atoms with Crippen molar-refractivity contribution in [3.05, 3.63) is 40.1 Å². The van der Waals surface area contributed by atoms with Crippen LogP contribution in [0.3, 0.4) is 0 Å². The number of halogens is 5. The maximum atomic E-state index is 12.7. The summed E-state index contributed by atoms with van der Waals surface area (Å²) in [5, 5.41) is 5.90. The van der Waals surface area contributed by atoms with Crippen molar-refractivity contribution in [3.8, 4) is 0 Å². The lowest BCUT2D eigenvalue weighted by atomic mass is 10.3. The van der Waals surface area contributed by atoms with Gasteiger partial charge in [-0.2, -0.15) is 13.2 Å². The van der Waals surface area contributed by atoms with Crippen molar-refractivity contribution in [1.82, 2.24) is 9.97 Å². The molecule has 0 bridgehead atoms. The van der Waals surface area contributed by atoms with Gasteiger partial charge in [0.2, 0.25) is 5.82 Å². The molecule has 1 aromatic carbocycles. The molecule has 0 aliphatic carbocycles. The van der Waals surface area contributed by atoms with E-state index in [0.717, 1.165) is 0 Å². The summed E-state index contributed by atoms with van der Waals surface area (Å²) in [7, 11) is 1.46. The number of hydrogen-bond donors (Lipinski definition) is 2. The fraction of sp³-hybridized carbons (Fsp3) is 0.167. The molecule has 0 fully saturated rings. The molecule has 112 valence electrons. The van der Waals surface area contributed by atoms with Crippen molar-refractivity contribution in [3.63, 3.8) is 0 Å². The summed E-state index contributed by atoms with van der Waals surface area (Å²) in [4.78, 5) is 6.80. The van der Waals surface area contributed by atoms with E-state index in [2.05, 4.69) is 20.6 Å². The molecule has 4 nitrogen and oxygen atoms in total. The van der Waals surface area contributed by atoms with Gasteiger partial charge in [0.25, 0.3) is 0 Å². The van der Waals surface area contributed by atoms with Crippen molar-refractivity contribution in [1.29, 1.82) is 0 Å². The van der Waals surface area contributed by atoms with Crippen molar-refractivity contribution in [2.75, 3.05) is 17.7 Å². The molecule has 0 spiro atoms. The predicted molar refractivity (Wildman–Crippen MR) is 76.3 cm³/mol. The number of anilines is 3. The third kappa shape index (κ3) is 3.89. The van der Waals surface area contributed by atoms with Gasteiger partial charge < -0.3 is 10.6 Å². The Morgan fingerprint density at radius 2 is 1.67 bits per heavy atom. The summed E-state index contributed by atoms with van der Waals surface area (Å²) in [5.74, 6) is -1.21. The van der Waals surface area contributed by atoms with Gasteiger partial charge in [-0.1, -0.05) is 23.2 Å². The minimum Gasteiger partial charge on any atom is -0.373 e. The Labute approximate surface area is 128 Å². The monoisotopic (exact) mass is 336 g/mol. The highest BCUT2D eigenvalue weighted by atomic mass is 35.5. The second kappa shape index (κ2) is 5.95. The van der Waals surface area contributed by atoms with E-state index in [1.807, 2.05) is 0 Å². The Bertz CT molecular complexity index is 661. The molecule has 0 saturated heterocycles. The van der Waals surface area contributed by atoms with Crippen LogP contribution >= 0.6 is 23.2 Å². The van der Waals surface area contributed by atoms with Crippen LogP contribution in [-0.4, -0.2) is 17.0 Å². The first kappa shape index (κ1) is 15.7. The third-order valence-electron chi connectivity index (χ3n) is 2.43. The van der Waals surface area contributed by atoms with E-state index >= 15 is 0 Å². The number of nitrogens with one attached hydrogen (secondary N) is 2. The van der Waals surface area contributed by atoms with Crippen LogP contribution in [0.1, 0.15) is 5.82 Å². The van der Waals surface area contributed by atoms with Gasteiger partial charge in [-0.25, -0.2) is 9.97 Å². The molecule has 0 radical (unpaired) electrons. The quantitative estimate of drug-likeness (QED) is 0.860. The topological polar surface area (TPSA) is 49.8 Å². The van der Waals surface area contributed by atoms with E-state index < -0.39 is 12.0 Å². The van der Waals surface area contributed by atoms with Gasteiger partial charge in [0.1, 0.15) is 11.6 Å². The Morgan fingerprint density at radius 3 is 2.24 bits per heavy atom. The van der Waals surface area contributed by atoms with Gasteiger partial charge >= 0.3 is 6.18 Å². The highest BCUT2D eigenvalue weighted by Crippen LogP contribution is 2.30. The highest BCUT2D eigenvalue weighted by Gasteiger charge is 2.35. The van der Waals surface area contributed by atoms with Crippen LogP contribution in [0.4, 0.5) is 30.5 Å². The largest absolute Gasteiger partial charge is 0.451 e. The van der Waals surface area contributed by atoms with E-state index in [-0.39, 0.29) is 16.7 Å². The molecule has 2 aromatic rings. The predicted octanol–water partition coefficient (Wildman–Crippen LogP) is 4.59. The zero-order chi connectivity index (χ0) is 15.6. The van der Waals surface area contributed by atoms with Gasteiger partial charge in [0.05, 0.1) is 10.0 Å². The van der Waals surface area contributed by atoms with Gasteiger partial charge in [-0.05, 0) is 18.2 Å². The molecule has 0 amide bonds. The standard InChI is InChI=1S/C12H9Cl2F3N4/c1-18-9-5-10(21-11(20-9)12(15,16)17)19-6-2-3-7(13)8(14)4-6/h2-5H,1H3,(H2,18,19,20,21). The van der Waals surface area contributed by atoms with Crippen LogP contribution < -0.4 is 10.6 Å². The van der Waals surface area contributed by atoms with Crippen LogP contribution in [-0.2, 0) is 6.18 Å². The molecule has 1 aromatic heterocycles. The Kier molecular flexibility index (Phi) is 4.43. The van der Waals surface area contributed by atoms with Gasteiger partial charge in [-0.3, -0.25) is 0 Å². The Hall–Kier alpha value is -1.73. The fourth-order valence-electron chi connectivity index (χ4n) is 1.49. The summed E-state index contributed by atoms with van der Waals surface area (Å²) in [5.41, 5.74) is 0.457. The smallest absolute Gasteiger partial charge is 0.373 e. The van der Waals surface area contributed by atoms with Gasteiger partial charge in [0, 0.05) is 18.8 Å². The van der Waals surface area contributed by atoms with Gasteiger partial charge in [0.15, 0.2) is 0 Å². The number of benzene rings is 1. The lowest BCUT2D eigenvalue weighted by Crippen LogP contribution is -2.13. The zero-order valence-corrected chi connectivity index (χ0v) is 12.1. The average molecular weight is 337 g/mol. The maximum absolute atomic E-state index is 12.7. The Balaban J connectivity index is 2.36. The van der Waals surface area contributed by atoms with Crippen LogP contribution in [0.2, 0.25) is 10.0 Å². The molecule has 2 N–H and O–H groups in total. The minimum absolute atomic E-state index is 0.0138. The molecule has 0 aliphatic rings. The van der Waals surface area contributed by atoms with Crippen molar-refractivity contribution < 1.29 is 13.2 Å². The lowest BCUT2D eigenvalue weighted by molar-refractivity contribution is -0.144. The van der Waals surface area contributed by atoms with E-state index in [4.69, 9.17) is 23.2 Å². The van der Waals surface area contributed by atoms with Crippen molar-refractivity contribution in [2.45, 2.75) is 6.18 Å². The molecule has 0 saturated carbocycles. The summed E-state index contributed by atoms with van der Waals surface area (Å²) in [6, 6.07) is 5.93. The molecular weight excluding hydrogens is 328 g/mol. The zero-order valence-electron chi connectivity index (χ0n) is 10.6. The first-order valence-corrected chi connectivity index (χ1v) is 6.41. The Morgan fingerprint density at radius 1 is 1.00 bits per heavy atom. The lowest BCUT2D eigenvalue weighted by Gasteiger charge is -2.11. The number of nitrogens with zero attached hydrogens (tertiary/aromatic N) is 2. The first-order chi connectivity index (χ1) is 9.79. The first-order valence-electron chi connectivity index (χ1n) is 5.65. The normalized spacial score (nSPS) is 11.3. The number of aromatic nitrogens is 2. The summed E-state index contributed by atoms with van der Waals surface area (Å²) in [6.07, 6.45) is -4.64. The SMILES string of the molecule is CNc1cc(Nc2ccc(Cl)c(Cl)c2)nc(C(F)(F)F)n1. The van der Waals surface area contributed by atoms with Crippen LogP contribution in [0.5, 0.6) is 0 Å². The van der Waals surface area contributed by atoms with Crippen LogP contribution in [0, 0.1) is 0 Å². The van der Waals surface area contributed by atoms with Crippen molar-refractivity contribution in [2.24, 2.45) is 0 Å². The molecule has 0 aliphatic heterocycles. The second-order valence-electron chi connectivity index (χ2n) is 3.96. The molecule has 9 heteroatoms. The molecule has 1 heterocycles. The van der Waals surface area contributed by atoms with Crippen LogP contribution in [0.25, 0.3) is 0 Å². The number of alkyl halides is 3. The van der Waals surface area contributed by atoms with Gasteiger partial charge in [-0.15, -0.1) is 0 Å². The molecule has 0 atom stereocenters. The van der Waals surface area contributed by atoms with E-state index in [0.29, 0.717) is 10.7 Å². The van der Waals surface area contributed by atoms with E-state index in [1.54, 1.807) is 6.07 Å². The fourth-order valence-corrected chi connectivity index (χ4v) is 1.79. The molecule has 0 unspecified atom stereocenters. The van der Waals surface area contributed by atoms with Crippen molar-refractivity contribution >= 4 is 40.5 Å². The third-order valence-corrected chi connectivity index (χ3v) is 3.17. The second-order valence-corrected chi connectivity index (χ2v) is 4.78. The maximum Gasteiger partial charge on any atom is 0.451 e. The summed E-state index contributed by atoms with van der Waals surface area (Å²) < 4.78 is 38.2. The number of hydrogen-bond acceptors (Lipinski definition) is 4. The summed E-state index contributed by atoms with van der Waals surface area (Å²) in [6.45, 7) is 0. The molecule has 2 rings (SSSR count). The van der Waals surface area contributed by atoms with E-state index in [9.17, 15) is 13.2 Å². The average Bonchev–Trinajstić information content (AvgIpc) is 2.41. The highest BCUT2D eigenvalue weighted by molar-refractivity contribution is 6.42. The van der Waals surface area contributed by atoms with Crippen LogP contribution in [0.15, 0.2) is 24.3 Å². The molecular formula is C12H9Cl2F3N4. The van der Waals surface area contributed by atoms with E-state index in [1.165, 1.54) is 25.2 Å².